The number of aromatic nitrogens is 4. The average molecular weight is 1320 g/mol. The summed E-state index contributed by atoms with van der Waals surface area (Å²) in [5, 5.41) is 1.98. The van der Waals surface area contributed by atoms with Gasteiger partial charge in [-0.25, -0.2) is 4.98 Å². The summed E-state index contributed by atoms with van der Waals surface area (Å²) in [5.41, 5.74) is -0.669. The Morgan fingerprint density at radius 1 is 0.535 bits per heavy atom. The Balaban J connectivity index is 0.00000978. The molecule has 0 atom stereocenters. The second-order valence-corrected chi connectivity index (χ2v) is 25.6. The second-order valence-electron chi connectivity index (χ2n) is 25.6. The van der Waals surface area contributed by atoms with Crippen molar-refractivity contribution in [1.82, 2.24) is 14.1 Å². The average Bonchev–Trinajstić information content (AvgIpc) is 1.02. The van der Waals surface area contributed by atoms with Crippen LogP contribution in [0.4, 0.5) is 0 Å². The minimum absolute atomic E-state index is 0. The summed E-state index contributed by atoms with van der Waals surface area (Å²) in [7, 11) is 0. The standard InChI is InChI=1S/C80H74N4O.Pt/c1-76(2,3)53-37-40-81-73(46-53)84-70-29-17-16-25-63(70)64-35-33-58(48-72(64)84)85-57-22-18-21-56(47-57)82-49-83-74-59(52-41-54(77(4,5)6)45-55(42-52)78(7,8)9)26-19-27-66(74)67-43-50(51-32-36-68-69(44-51)80(12,13)39-38-79(68,10)11)31-34-62(67)60-23-14-15-24-61(60)65-28-20-30-71(82)75(65)83;/h14-37,40-46H,38-39H2,1-13H3;/q-2;/i10D3,11D3,12D3,13D3,32D,36D,38D2,39D2,44D;. The first kappa shape index (κ1) is 38.8. The summed E-state index contributed by atoms with van der Waals surface area (Å²) in [5.74, 6) is 1.52. The zero-order valence-corrected chi connectivity index (χ0v) is 51.5. The molecule has 12 aromatic rings. The molecule has 0 saturated carbocycles. The fourth-order valence-corrected chi connectivity index (χ4v) is 12.1. The quantitative estimate of drug-likeness (QED) is 0.123. The normalized spacial score (nSPS) is 19.3. The van der Waals surface area contributed by atoms with Gasteiger partial charge in [0.15, 0.2) is 0 Å². The van der Waals surface area contributed by atoms with E-state index in [0.717, 1.165) is 61.0 Å². The van der Waals surface area contributed by atoms with Crippen molar-refractivity contribution in [3.63, 3.8) is 0 Å². The molecule has 0 spiro atoms. The van der Waals surface area contributed by atoms with E-state index in [9.17, 15) is 9.60 Å². The first-order valence-corrected chi connectivity index (χ1v) is 28.6. The van der Waals surface area contributed by atoms with Gasteiger partial charge >= 0.3 is 0 Å². The van der Waals surface area contributed by atoms with Gasteiger partial charge in [-0.3, -0.25) is 4.57 Å². The molecule has 4 heterocycles. The third kappa shape index (κ3) is 9.66. The molecule has 2 aliphatic rings. The SMILES string of the molecule is [2H]c1c([2H])c2c(c([2H])c1-c1ccc3c(c1)-c1cccc(-c4cc(C(C)(C)C)cc(C(C)(C)C)c4)c1-[n+]1[c-]n(-c4[c-]c(Oc5[c-]c6c(cc5)c5ccccc5n6-c5cc(C(C)(C)C)ccn5)ccc4)c4cccc(c41)-c1ccccc1-3)C(C([2H])([2H])[2H])(C([2H])([2H])[2H])C([2H])([2H])C([2H])([2H])C2(C([2H])([2H])[2H])C([2H])([2H])[2H].[Pt]. The van der Waals surface area contributed by atoms with Gasteiger partial charge in [0, 0.05) is 66.2 Å². The monoisotopic (exact) mass is 1320 g/mol. The molecule has 1 aliphatic heterocycles. The number of benzene rings is 9. The molecule has 0 N–H and O–H groups in total. The molecule has 1 aliphatic carbocycles. The molecule has 0 amide bonds. The van der Waals surface area contributed by atoms with E-state index in [1.165, 1.54) is 6.07 Å². The number of hydrogen-bond donors (Lipinski definition) is 0. The number of para-hydroxylation sites is 3. The van der Waals surface area contributed by atoms with Crippen molar-refractivity contribution >= 4 is 32.8 Å². The van der Waals surface area contributed by atoms with Crippen LogP contribution in [0, 0.1) is 18.5 Å². The number of nitrogens with zero attached hydrogens (tertiary/aromatic N) is 4. The fourth-order valence-electron chi connectivity index (χ4n) is 12.1. The van der Waals surface area contributed by atoms with E-state index in [1.807, 2.05) is 125 Å². The molecule has 0 saturated heterocycles. The maximum atomic E-state index is 10.3. The van der Waals surface area contributed by atoms with Crippen LogP contribution in [0.25, 0.3) is 106 Å². The number of imidazole rings is 1. The second kappa shape index (κ2) is 20.5. The molecule has 86 heavy (non-hydrogen) atoms. The molecule has 0 unspecified atom stereocenters. The van der Waals surface area contributed by atoms with Crippen molar-refractivity contribution in [3.05, 3.63) is 234 Å². The minimum Gasteiger partial charge on any atom is -0.510 e. The van der Waals surface area contributed by atoms with Gasteiger partial charge in [-0.1, -0.05) is 223 Å². The van der Waals surface area contributed by atoms with Gasteiger partial charge in [-0.05, 0) is 159 Å². The van der Waals surface area contributed by atoms with E-state index in [2.05, 4.69) is 122 Å². The Bertz CT molecular complexity index is 5500. The molecule has 0 bridgehead atoms. The molecule has 432 valence electrons. The van der Waals surface area contributed by atoms with Crippen LogP contribution in [0.2, 0.25) is 0 Å². The molecular weight excluding hydrogens is 1230 g/mol. The Morgan fingerprint density at radius 2 is 1.16 bits per heavy atom. The summed E-state index contributed by atoms with van der Waals surface area (Å²) >= 11 is 0. The molecule has 3 aromatic heterocycles. The molecular formula is C80H74N4OPt-2. The van der Waals surface area contributed by atoms with Gasteiger partial charge in [-0.15, -0.1) is 29.7 Å². The van der Waals surface area contributed by atoms with E-state index in [0.29, 0.717) is 61.7 Å². The van der Waals surface area contributed by atoms with Crippen LogP contribution in [0.3, 0.4) is 0 Å². The topological polar surface area (TPSA) is 35.9 Å². The zero-order chi connectivity index (χ0) is 75.3. The van der Waals surface area contributed by atoms with E-state index >= 15 is 0 Å². The van der Waals surface area contributed by atoms with E-state index in [1.54, 1.807) is 12.1 Å². The first-order chi connectivity index (χ1) is 48.3. The van der Waals surface area contributed by atoms with Gasteiger partial charge in [0.2, 0.25) is 0 Å². The fraction of sp³-hybridized carbons (Fsp3) is 0.250. The predicted molar refractivity (Wildman–Crippen MR) is 352 cm³/mol. The molecule has 6 heteroatoms. The predicted octanol–water partition coefficient (Wildman–Crippen LogP) is 20.5. The largest absolute Gasteiger partial charge is 0.510 e. The molecule has 5 nitrogen and oxygen atoms in total. The smallest absolute Gasteiger partial charge is 0.268 e. The van der Waals surface area contributed by atoms with Crippen molar-refractivity contribution in [2.24, 2.45) is 0 Å². The Kier molecular flexibility index (Phi) is 9.27. The minimum atomic E-state index is -4.50. The maximum Gasteiger partial charge on any atom is 0.268 e. The Labute approximate surface area is 549 Å². The van der Waals surface area contributed by atoms with Crippen LogP contribution in [0.15, 0.2) is 188 Å². The van der Waals surface area contributed by atoms with Gasteiger partial charge in [-0.2, -0.15) is 18.2 Å². The molecule has 14 rings (SSSR count). The molecule has 0 radical (unpaired) electrons. The third-order valence-corrected chi connectivity index (χ3v) is 16.6. The van der Waals surface area contributed by atoms with Crippen LogP contribution in [0.5, 0.6) is 11.5 Å². The van der Waals surface area contributed by atoms with Gasteiger partial charge in [0.1, 0.15) is 5.82 Å². The van der Waals surface area contributed by atoms with Crippen molar-refractivity contribution in [2.45, 2.75) is 130 Å². The van der Waals surface area contributed by atoms with Crippen molar-refractivity contribution in [1.29, 1.82) is 0 Å². The number of ether oxygens (including phenoxy) is 1. The van der Waals surface area contributed by atoms with E-state index < -0.39 is 85.8 Å². The van der Waals surface area contributed by atoms with Crippen LogP contribution < -0.4 is 9.30 Å². The van der Waals surface area contributed by atoms with Gasteiger partial charge < -0.3 is 13.9 Å². The molecule has 0 fully saturated rings. The summed E-state index contributed by atoms with van der Waals surface area (Å²) in [6.45, 7) is 2.48. The van der Waals surface area contributed by atoms with Gasteiger partial charge in [0.25, 0.3) is 6.33 Å². The summed E-state index contributed by atoms with van der Waals surface area (Å²) in [6.07, 6.45) is -3.36. The van der Waals surface area contributed by atoms with Crippen LogP contribution in [-0.2, 0) is 48.1 Å². The van der Waals surface area contributed by atoms with Crippen molar-refractivity contribution in [3.8, 4) is 84.3 Å². The van der Waals surface area contributed by atoms with Crippen LogP contribution in [0.1, 0.15) is 156 Å². The summed E-state index contributed by atoms with van der Waals surface area (Å²) in [6, 6.07) is 55.9. The van der Waals surface area contributed by atoms with E-state index in [-0.39, 0.29) is 42.9 Å². The Hall–Kier alpha value is -8.11. The molecule has 9 aromatic carbocycles. The zero-order valence-electron chi connectivity index (χ0n) is 68.2. The number of pyridine rings is 1. The Morgan fingerprint density at radius 3 is 1.91 bits per heavy atom. The third-order valence-electron chi connectivity index (χ3n) is 16.6. The first-order valence-electron chi connectivity index (χ1n) is 38.1. The summed E-state index contributed by atoms with van der Waals surface area (Å²) in [4.78, 5) is 4.87. The van der Waals surface area contributed by atoms with Crippen molar-refractivity contribution in [2.75, 3.05) is 0 Å². The van der Waals surface area contributed by atoms with E-state index in [4.69, 9.17) is 26.2 Å². The number of fused-ring (bicyclic) bond motifs is 11. The maximum absolute atomic E-state index is 10.3. The summed E-state index contributed by atoms with van der Waals surface area (Å²) < 4.78 is 188. The van der Waals surface area contributed by atoms with Crippen molar-refractivity contribution < 1.29 is 56.4 Å². The number of rotatable bonds is 6. The van der Waals surface area contributed by atoms with Crippen LogP contribution >= 0.6 is 0 Å². The van der Waals surface area contributed by atoms with Gasteiger partial charge in [0.05, 0.1) is 20.8 Å². The number of hydrogen-bond acceptors (Lipinski definition) is 2. The van der Waals surface area contributed by atoms with Crippen LogP contribution in [-0.4, -0.2) is 14.1 Å².